The second-order valence-corrected chi connectivity index (χ2v) is 5.43. The first-order valence-corrected chi connectivity index (χ1v) is 6.81. The Morgan fingerprint density at radius 1 is 1.41 bits per heavy atom. The van der Waals surface area contributed by atoms with Crippen molar-refractivity contribution in [3.8, 4) is 0 Å². The van der Waals surface area contributed by atoms with Gasteiger partial charge in [0.2, 0.25) is 0 Å². The molecule has 0 spiro atoms. The summed E-state index contributed by atoms with van der Waals surface area (Å²) in [5.41, 5.74) is 0. The molecule has 4 nitrogen and oxygen atoms in total. The van der Waals surface area contributed by atoms with Gasteiger partial charge in [0.25, 0.3) is 0 Å². The summed E-state index contributed by atoms with van der Waals surface area (Å²) in [6, 6.07) is 0.345. The van der Waals surface area contributed by atoms with Gasteiger partial charge in [-0.3, -0.25) is 5.10 Å². The van der Waals surface area contributed by atoms with E-state index in [1.165, 1.54) is 19.3 Å². The lowest BCUT2D eigenvalue weighted by atomic mass is 9.73. The molecule has 1 aliphatic rings. The second-order valence-electron chi connectivity index (χ2n) is 5.43. The molecule has 0 saturated heterocycles. The number of hydrogen-bond donors (Lipinski definition) is 2. The van der Waals surface area contributed by atoms with Gasteiger partial charge >= 0.3 is 0 Å². The number of H-pyrrole nitrogens is 1. The maximum Gasteiger partial charge on any atom is 0.141 e. The lowest BCUT2D eigenvalue weighted by Crippen LogP contribution is -2.34. The van der Waals surface area contributed by atoms with E-state index >= 15 is 0 Å². The molecule has 1 fully saturated rings. The fourth-order valence-electron chi connectivity index (χ4n) is 2.96. The van der Waals surface area contributed by atoms with Crippen molar-refractivity contribution in [1.82, 2.24) is 20.5 Å². The third-order valence-electron chi connectivity index (χ3n) is 4.26. The second kappa shape index (κ2) is 5.63. The number of rotatable bonds is 4. The van der Waals surface area contributed by atoms with E-state index in [2.05, 4.69) is 41.3 Å². The van der Waals surface area contributed by atoms with E-state index in [-0.39, 0.29) is 0 Å². The third kappa shape index (κ3) is 2.86. The zero-order valence-electron chi connectivity index (χ0n) is 11.1. The summed E-state index contributed by atoms with van der Waals surface area (Å²) in [4.78, 5) is 4.33. The highest BCUT2D eigenvalue weighted by molar-refractivity contribution is 4.96. The molecular formula is C13H24N4. The van der Waals surface area contributed by atoms with Crippen LogP contribution in [0, 0.1) is 17.8 Å². The molecule has 4 atom stereocenters. The van der Waals surface area contributed by atoms with Gasteiger partial charge in [-0.05, 0) is 37.1 Å². The largest absolute Gasteiger partial charge is 0.307 e. The lowest BCUT2D eigenvalue weighted by Gasteiger charge is -2.36. The van der Waals surface area contributed by atoms with Gasteiger partial charge in [0.1, 0.15) is 12.2 Å². The fourth-order valence-corrected chi connectivity index (χ4v) is 2.96. The molecule has 4 heteroatoms. The Morgan fingerprint density at radius 3 is 2.82 bits per heavy atom. The van der Waals surface area contributed by atoms with E-state index in [1.54, 1.807) is 6.33 Å². The Kier molecular flexibility index (Phi) is 4.15. The van der Waals surface area contributed by atoms with Gasteiger partial charge in [-0.1, -0.05) is 27.2 Å². The van der Waals surface area contributed by atoms with Crippen molar-refractivity contribution in [2.24, 2.45) is 17.8 Å². The van der Waals surface area contributed by atoms with Crippen LogP contribution in [0.2, 0.25) is 0 Å². The van der Waals surface area contributed by atoms with Crippen molar-refractivity contribution < 1.29 is 0 Å². The molecule has 2 rings (SSSR count). The highest BCUT2D eigenvalue weighted by atomic mass is 15.2. The van der Waals surface area contributed by atoms with Gasteiger partial charge in [0.05, 0.1) is 6.04 Å². The standard InChI is InChI=1S/C13H24N4/c1-4-14-12(13-15-8-16-17-13)11-6-5-9(2)10(3)7-11/h8-12,14H,4-7H2,1-3H3,(H,15,16,17). The van der Waals surface area contributed by atoms with Crippen molar-refractivity contribution in [3.63, 3.8) is 0 Å². The van der Waals surface area contributed by atoms with Crippen LogP contribution in [-0.4, -0.2) is 21.7 Å². The third-order valence-corrected chi connectivity index (χ3v) is 4.26. The quantitative estimate of drug-likeness (QED) is 0.844. The number of aromatic nitrogens is 3. The Balaban J connectivity index is 2.06. The Hall–Kier alpha value is -0.900. The molecule has 0 amide bonds. The van der Waals surface area contributed by atoms with Gasteiger partial charge in [-0.25, -0.2) is 4.98 Å². The van der Waals surface area contributed by atoms with Crippen LogP contribution >= 0.6 is 0 Å². The first kappa shape index (κ1) is 12.6. The average molecular weight is 236 g/mol. The number of hydrogen-bond acceptors (Lipinski definition) is 3. The minimum atomic E-state index is 0.345. The van der Waals surface area contributed by atoms with Gasteiger partial charge in [-0.2, -0.15) is 5.10 Å². The summed E-state index contributed by atoms with van der Waals surface area (Å²) in [7, 11) is 0. The van der Waals surface area contributed by atoms with Crippen LogP contribution in [0.25, 0.3) is 0 Å². The molecule has 1 saturated carbocycles. The van der Waals surface area contributed by atoms with Crippen molar-refractivity contribution in [2.75, 3.05) is 6.54 Å². The van der Waals surface area contributed by atoms with E-state index in [4.69, 9.17) is 0 Å². The molecule has 96 valence electrons. The van der Waals surface area contributed by atoms with Crippen LogP contribution in [0.5, 0.6) is 0 Å². The molecule has 0 aliphatic heterocycles. The maximum atomic E-state index is 4.33. The van der Waals surface area contributed by atoms with Crippen LogP contribution in [0.3, 0.4) is 0 Å². The van der Waals surface area contributed by atoms with Gasteiger partial charge < -0.3 is 5.32 Å². The summed E-state index contributed by atoms with van der Waals surface area (Å²) in [6.45, 7) is 7.88. The van der Waals surface area contributed by atoms with Gasteiger partial charge in [-0.15, -0.1) is 0 Å². The van der Waals surface area contributed by atoms with E-state index in [9.17, 15) is 0 Å². The first-order chi connectivity index (χ1) is 8.22. The average Bonchev–Trinajstić information content (AvgIpc) is 2.83. The number of aromatic amines is 1. The monoisotopic (exact) mass is 236 g/mol. The molecule has 1 aliphatic carbocycles. The van der Waals surface area contributed by atoms with Crippen molar-refractivity contribution in [1.29, 1.82) is 0 Å². The topological polar surface area (TPSA) is 53.6 Å². The number of nitrogens with zero attached hydrogens (tertiary/aromatic N) is 2. The number of nitrogens with one attached hydrogen (secondary N) is 2. The van der Waals surface area contributed by atoms with Crippen molar-refractivity contribution >= 4 is 0 Å². The summed E-state index contributed by atoms with van der Waals surface area (Å²) in [5, 5.41) is 10.6. The molecule has 0 bridgehead atoms. The molecule has 2 N–H and O–H groups in total. The molecule has 17 heavy (non-hydrogen) atoms. The highest BCUT2D eigenvalue weighted by Crippen LogP contribution is 2.38. The molecule has 1 heterocycles. The molecule has 1 aromatic rings. The Morgan fingerprint density at radius 2 is 2.24 bits per heavy atom. The lowest BCUT2D eigenvalue weighted by molar-refractivity contribution is 0.168. The molecule has 1 aromatic heterocycles. The molecule has 0 aromatic carbocycles. The van der Waals surface area contributed by atoms with E-state index in [0.717, 1.165) is 24.2 Å². The highest BCUT2D eigenvalue weighted by Gasteiger charge is 2.31. The summed E-state index contributed by atoms with van der Waals surface area (Å²) >= 11 is 0. The Labute approximate surface area is 104 Å². The van der Waals surface area contributed by atoms with Crippen LogP contribution in [0.4, 0.5) is 0 Å². The predicted octanol–water partition coefficient (Wildman–Crippen LogP) is 2.53. The Bertz CT molecular complexity index is 322. The molecule has 0 radical (unpaired) electrons. The van der Waals surface area contributed by atoms with Crippen molar-refractivity contribution in [2.45, 2.75) is 46.1 Å². The van der Waals surface area contributed by atoms with Crippen LogP contribution in [0.15, 0.2) is 6.33 Å². The van der Waals surface area contributed by atoms with Crippen LogP contribution < -0.4 is 5.32 Å². The zero-order valence-corrected chi connectivity index (χ0v) is 11.1. The fraction of sp³-hybridized carbons (Fsp3) is 0.846. The zero-order chi connectivity index (χ0) is 12.3. The summed E-state index contributed by atoms with van der Waals surface area (Å²) in [6.07, 6.45) is 5.53. The predicted molar refractivity (Wildman–Crippen MR) is 68.5 cm³/mol. The molecule has 4 unspecified atom stereocenters. The van der Waals surface area contributed by atoms with Crippen molar-refractivity contribution in [3.05, 3.63) is 12.2 Å². The normalized spacial score (nSPS) is 31.4. The van der Waals surface area contributed by atoms with Crippen LogP contribution in [0.1, 0.15) is 51.9 Å². The smallest absolute Gasteiger partial charge is 0.141 e. The van der Waals surface area contributed by atoms with E-state index in [0.29, 0.717) is 12.0 Å². The minimum Gasteiger partial charge on any atom is -0.307 e. The summed E-state index contributed by atoms with van der Waals surface area (Å²) in [5.74, 6) is 3.37. The maximum absolute atomic E-state index is 4.33. The van der Waals surface area contributed by atoms with Crippen LogP contribution in [-0.2, 0) is 0 Å². The SMILES string of the molecule is CCNC(c1ncn[nH]1)C1CCC(C)C(C)C1. The molecular weight excluding hydrogens is 212 g/mol. The van der Waals surface area contributed by atoms with Gasteiger partial charge in [0, 0.05) is 0 Å². The summed E-state index contributed by atoms with van der Waals surface area (Å²) < 4.78 is 0. The van der Waals surface area contributed by atoms with Gasteiger partial charge in [0.15, 0.2) is 0 Å². The van der Waals surface area contributed by atoms with E-state index in [1.807, 2.05) is 0 Å². The minimum absolute atomic E-state index is 0.345. The van der Waals surface area contributed by atoms with E-state index < -0.39 is 0 Å². The first-order valence-electron chi connectivity index (χ1n) is 6.81.